The topological polar surface area (TPSA) is 44.6 Å². The first kappa shape index (κ1) is 20.9. The summed E-state index contributed by atoms with van der Waals surface area (Å²) in [5.41, 5.74) is 3.30. The van der Waals surface area contributed by atoms with Gasteiger partial charge in [0.2, 0.25) is 5.91 Å². The maximum Gasteiger partial charge on any atom is 0.225 e. The Balaban J connectivity index is 1.70. The number of carbonyl (C=O) groups is 1. The Hall–Kier alpha value is -2.34. The van der Waals surface area contributed by atoms with Crippen molar-refractivity contribution >= 4 is 11.7 Å². The first-order valence-corrected chi connectivity index (χ1v) is 11.5. The molecule has 6 nitrogen and oxygen atoms in total. The molecule has 1 amide bonds. The highest BCUT2D eigenvalue weighted by Gasteiger charge is 2.34. The van der Waals surface area contributed by atoms with Crippen LogP contribution in [0.25, 0.3) is 5.69 Å². The molecule has 2 aliphatic rings. The summed E-state index contributed by atoms with van der Waals surface area (Å²) in [6.07, 6.45) is 3.08. The first-order chi connectivity index (χ1) is 14.6. The Labute approximate surface area is 180 Å². The molecule has 0 N–H and O–H groups in total. The highest BCUT2D eigenvalue weighted by molar-refractivity contribution is 5.81. The molecule has 1 aromatic heterocycles. The Morgan fingerprint density at radius 3 is 2.40 bits per heavy atom. The number of para-hydroxylation sites is 1. The molecule has 0 unspecified atom stereocenters. The normalized spacial score (nSPS) is 17.4. The average molecular weight is 410 g/mol. The smallest absolute Gasteiger partial charge is 0.225 e. The van der Waals surface area contributed by atoms with Gasteiger partial charge in [0.25, 0.3) is 0 Å². The van der Waals surface area contributed by atoms with Crippen LogP contribution in [0.3, 0.4) is 0 Å². The number of likely N-dealkylation sites (N-methyl/N-ethyl adjacent to an activating group) is 1. The molecule has 162 valence electrons. The zero-order valence-electron chi connectivity index (χ0n) is 18.7. The minimum absolute atomic E-state index is 0.248. The van der Waals surface area contributed by atoms with Crippen LogP contribution >= 0.6 is 0 Å². The van der Waals surface area contributed by atoms with E-state index in [2.05, 4.69) is 64.4 Å². The Bertz CT molecular complexity index is 850. The molecule has 1 aliphatic carbocycles. The lowest BCUT2D eigenvalue weighted by atomic mass is 10.1. The van der Waals surface area contributed by atoms with Crippen LogP contribution in [0.4, 0.5) is 5.82 Å². The molecule has 2 heterocycles. The van der Waals surface area contributed by atoms with Gasteiger partial charge >= 0.3 is 0 Å². The van der Waals surface area contributed by atoms with Gasteiger partial charge in [0.1, 0.15) is 5.82 Å². The maximum absolute atomic E-state index is 12.9. The zero-order chi connectivity index (χ0) is 21.1. The fourth-order valence-corrected chi connectivity index (χ4v) is 4.40. The quantitative estimate of drug-likeness (QED) is 0.670. The van der Waals surface area contributed by atoms with Gasteiger partial charge in [0.15, 0.2) is 0 Å². The number of aromatic nitrogens is 2. The Kier molecular flexibility index (Phi) is 6.42. The second-order valence-electron chi connectivity index (χ2n) is 8.59. The van der Waals surface area contributed by atoms with Crippen molar-refractivity contribution < 1.29 is 4.79 Å². The van der Waals surface area contributed by atoms with Crippen LogP contribution in [0.5, 0.6) is 0 Å². The number of hydrogen-bond acceptors (Lipinski definition) is 4. The summed E-state index contributed by atoms with van der Waals surface area (Å²) in [6.45, 7) is 13.1. The lowest BCUT2D eigenvalue weighted by Crippen LogP contribution is -2.47. The molecule has 30 heavy (non-hydrogen) atoms. The van der Waals surface area contributed by atoms with E-state index < -0.39 is 0 Å². The van der Waals surface area contributed by atoms with Crippen LogP contribution in [0.2, 0.25) is 0 Å². The molecule has 1 aromatic carbocycles. The predicted octanol–water partition coefficient (Wildman–Crippen LogP) is 3.47. The highest BCUT2D eigenvalue weighted by Crippen LogP contribution is 2.34. The molecular formula is C24H35N5O. The Morgan fingerprint density at radius 2 is 1.80 bits per heavy atom. The van der Waals surface area contributed by atoms with Crippen molar-refractivity contribution in [1.29, 1.82) is 0 Å². The number of piperazine rings is 1. The van der Waals surface area contributed by atoms with Gasteiger partial charge in [-0.05, 0) is 44.9 Å². The summed E-state index contributed by atoms with van der Waals surface area (Å²) in [4.78, 5) is 20.0. The standard InChI is InChI=1S/C24H35N5O/c1-4-13-28(24(30)20-11-12-20)18-22-19(3)25-29(21-9-7-6-8-10-21)23(22)27-16-14-26(5-2)15-17-27/h6-10,20H,4-5,11-18H2,1-3H3. The third-order valence-electron chi connectivity index (χ3n) is 6.36. The molecule has 1 saturated heterocycles. The maximum atomic E-state index is 12.9. The summed E-state index contributed by atoms with van der Waals surface area (Å²) in [6, 6.07) is 10.4. The van der Waals surface area contributed by atoms with Crippen molar-refractivity contribution in [3.8, 4) is 5.69 Å². The number of anilines is 1. The van der Waals surface area contributed by atoms with Crippen LogP contribution in [0, 0.1) is 12.8 Å². The molecule has 1 saturated carbocycles. The summed E-state index contributed by atoms with van der Waals surface area (Å²) < 4.78 is 2.10. The van der Waals surface area contributed by atoms with Gasteiger partial charge in [-0.2, -0.15) is 5.10 Å². The van der Waals surface area contributed by atoms with Crippen molar-refractivity contribution in [2.24, 2.45) is 5.92 Å². The molecule has 6 heteroatoms. The van der Waals surface area contributed by atoms with Gasteiger partial charge in [0.05, 0.1) is 17.9 Å². The fourth-order valence-electron chi connectivity index (χ4n) is 4.40. The van der Waals surface area contributed by atoms with Crippen molar-refractivity contribution in [3.63, 3.8) is 0 Å². The van der Waals surface area contributed by atoms with Gasteiger partial charge in [-0.3, -0.25) is 4.79 Å². The van der Waals surface area contributed by atoms with Crippen molar-refractivity contribution in [1.82, 2.24) is 19.6 Å². The van der Waals surface area contributed by atoms with Gasteiger partial charge in [0, 0.05) is 44.2 Å². The minimum Gasteiger partial charge on any atom is -0.354 e. The second-order valence-corrected chi connectivity index (χ2v) is 8.59. The molecule has 1 aliphatic heterocycles. The minimum atomic E-state index is 0.248. The number of aryl methyl sites for hydroxylation is 1. The van der Waals surface area contributed by atoms with E-state index in [0.717, 1.165) is 69.9 Å². The van der Waals surface area contributed by atoms with Gasteiger partial charge < -0.3 is 14.7 Å². The van der Waals surface area contributed by atoms with Gasteiger partial charge in [-0.1, -0.05) is 32.0 Å². The monoisotopic (exact) mass is 409 g/mol. The summed E-state index contributed by atoms with van der Waals surface area (Å²) in [7, 11) is 0. The van der Waals surface area contributed by atoms with E-state index in [4.69, 9.17) is 5.10 Å². The van der Waals surface area contributed by atoms with Gasteiger partial charge in [-0.25, -0.2) is 4.68 Å². The first-order valence-electron chi connectivity index (χ1n) is 11.5. The highest BCUT2D eigenvalue weighted by atomic mass is 16.2. The van der Waals surface area contributed by atoms with E-state index in [-0.39, 0.29) is 5.92 Å². The van der Waals surface area contributed by atoms with Crippen molar-refractivity contribution in [3.05, 3.63) is 41.6 Å². The molecule has 2 fully saturated rings. The lowest BCUT2D eigenvalue weighted by Gasteiger charge is -2.36. The number of carbonyl (C=O) groups excluding carboxylic acids is 1. The van der Waals surface area contributed by atoms with E-state index in [9.17, 15) is 4.79 Å². The van der Waals surface area contributed by atoms with Crippen LogP contribution in [-0.2, 0) is 11.3 Å². The van der Waals surface area contributed by atoms with Crippen LogP contribution in [0.15, 0.2) is 30.3 Å². The molecule has 0 spiro atoms. The van der Waals surface area contributed by atoms with Gasteiger partial charge in [-0.15, -0.1) is 0 Å². The number of benzene rings is 1. The molecular weight excluding hydrogens is 374 g/mol. The number of amides is 1. The Morgan fingerprint density at radius 1 is 1.10 bits per heavy atom. The largest absolute Gasteiger partial charge is 0.354 e. The average Bonchev–Trinajstić information content (AvgIpc) is 3.58. The van der Waals surface area contributed by atoms with E-state index in [1.807, 2.05) is 6.07 Å². The third-order valence-corrected chi connectivity index (χ3v) is 6.36. The van der Waals surface area contributed by atoms with Crippen molar-refractivity contribution in [2.75, 3.05) is 44.2 Å². The molecule has 2 aromatic rings. The van der Waals surface area contributed by atoms with E-state index in [1.54, 1.807) is 0 Å². The summed E-state index contributed by atoms with van der Waals surface area (Å²) >= 11 is 0. The summed E-state index contributed by atoms with van der Waals surface area (Å²) in [5.74, 6) is 1.74. The second kappa shape index (κ2) is 9.21. The zero-order valence-corrected chi connectivity index (χ0v) is 18.7. The molecule has 0 bridgehead atoms. The van der Waals surface area contributed by atoms with Crippen molar-refractivity contribution in [2.45, 2.75) is 46.6 Å². The SMILES string of the molecule is CCCN(Cc1c(C)nn(-c2ccccc2)c1N1CCN(CC)CC1)C(=O)C1CC1. The molecule has 4 rings (SSSR count). The number of nitrogens with zero attached hydrogens (tertiary/aromatic N) is 5. The summed E-state index contributed by atoms with van der Waals surface area (Å²) in [5, 5.41) is 4.95. The number of rotatable bonds is 8. The number of hydrogen-bond donors (Lipinski definition) is 0. The predicted molar refractivity (Wildman–Crippen MR) is 121 cm³/mol. The molecule has 0 atom stereocenters. The van der Waals surface area contributed by atoms with Crippen LogP contribution in [-0.4, -0.2) is 64.8 Å². The van der Waals surface area contributed by atoms with E-state index >= 15 is 0 Å². The van der Waals surface area contributed by atoms with E-state index in [1.165, 1.54) is 11.4 Å². The van der Waals surface area contributed by atoms with Crippen LogP contribution < -0.4 is 4.90 Å². The fraction of sp³-hybridized carbons (Fsp3) is 0.583. The lowest BCUT2D eigenvalue weighted by molar-refractivity contribution is -0.133. The van der Waals surface area contributed by atoms with Crippen LogP contribution in [0.1, 0.15) is 44.4 Å². The third kappa shape index (κ3) is 4.38. The van der Waals surface area contributed by atoms with E-state index in [0.29, 0.717) is 12.5 Å². The molecule has 0 radical (unpaired) electrons.